The van der Waals surface area contributed by atoms with E-state index in [0.717, 1.165) is 30.0 Å². The summed E-state index contributed by atoms with van der Waals surface area (Å²) in [6.45, 7) is 0.836. The molecule has 0 amide bonds. The minimum atomic E-state index is 0.0269. The minimum Gasteiger partial charge on any atom is -0.497 e. The van der Waals surface area contributed by atoms with Crippen LogP contribution in [-0.2, 0) is 13.1 Å². The second kappa shape index (κ2) is 8.50. The Labute approximate surface area is 152 Å². The molecule has 3 N–H and O–H groups in total. The first kappa shape index (κ1) is 18.0. The molecule has 1 fully saturated rings. The van der Waals surface area contributed by atoms with Gasteiger partial charge in [-0.15, -0.1) is 5.10 Å². The molecule has 0 spiro atoms. The van der Waals surface area contributed by atoms with E-state index in [9.17, 15) is 0 Å². The highest BCUT2D eigenvalue weighted by molar-refractivity contribution is 5.77. The predicted molar refractivity (Wildman–Crippen MR) is 95.6 cm³/mol. The van der Waals surface area contributed by atoms with Crippen LogP contribution in [-0.4, -0.2) is 43.4 Å². The first-order valence-electron chi connectivity index (χ1n) is 8.83. The summed E-state index contributed by atoms with van der Waals surface area (Å²) < 4.78 is 7.07. The fraction of sp³-hybridized carbons (Fsp3) is 0.529. The van der Waals surface area contributed by atoms with Crippen molar-refractivity contribution in [3.05, 3.63) is 35.7 Å². The van der Waals surface area contributed by atoms with E-state index in [0.29, 0.717) is 19.1 Å². The Bertz CT molecular complexity index is 723. The summed E-state index contributed by atoms with van der Waals surface area (Å²) in [6, 6.07) is 7.97. The largest absolute Gasteiger partial charge is 0.497 e. The van der Waals surface area contributed by atoms with E-state index in [1.165, 1.54) is 19.3 Å². The number of nitrogens with zero attached hydrogens (tertiary/aromatic N) is 6. The van der Waals surface area contributed by atoms with Gasteiger partial charge in [0.1, 0.15) is 5.75 Å². The second-order valence-corrected chi connectivity index (χ2v) is 6.49. The minimum absolute atomic E-state index is 0.0269. The molecule has 1 aliphatic rings. The number of ether oxygens (including phenoxy) is 1. The van der Waals surface area contributed by atoms with Crippen LogP contribution < -0.4 is 10.5 Å². The summed E-state index contributed by atoms with van der Waals surface area (Å²) in [5.74, 6) is 1.53. The lowest BCUT2D eigenvalue weighted by molar-refractivity contribution is 0.279. The van der Waals surface area contributed by atoms with Gasteiger partial charge in [0, 0.05) is 6.54 Å². The molecule has 0 atom stereocenters. The van der Waals surface area contributed by atoms with Crippen molar-refractivity contribution >= 4 is 5.96 Å². The van der Waals surface area contributed by atoms with Gasteiger partial charge in [0.15, 0.2) is 5.82 Å². The third-order valence-electron chi connectivity index (χ3n) is 4.77. The summed E-state index contributed by atoms with van der Waals surface area (Å²) >= 11 is 0. The quantitative estimate of drug-likeness (QED) is 0.350. The van der Waals surface area contributed by atoms with Crippen LogP contribution in [0.3, 0.4) is 0 Å². The zero-order valence-corrected chi connectivity index (χ0v) is 15.0. The maximum atomic E-state index is 9.15. The molecule has 1 aromatic carbocycles. The van der Waals surface area contributed by atoms with Crippen LogP contribution in [0.4, 0.5) is 0 Å². The standard InChI is InChI=1S/C17H25N7O2/c1-26-15-9-7-13(8-10-15)11-23(17(18)20-25)12-16-19-21-22-24(16)14-5-3-2-4-6-14/h7-10,14,25H,2-6,11-12H2,1H3,(H2,18,20). The first-order valence-corrected chi connectivity index (χ1v) is 8.83. The van der Waals surface area contributed by atoms with Gasteiger partial charge in [-0.25, -0.2) is 4.68 Å². The Hall–Kier alpha value is -2.84. The van der Waals surface area contributed by atoms with Crippen LogP contribution in [0.5, 0.6) is 5.75 Å². The molecular formula is C17H25N7O2. The zero-order valence-electron chi connectivity index (χ0n) is 15.0. The second-order valence-electron chi connectivity index (χ2n) is 6.49. The average molecular weight is 359 g/mol. The maximum absolute atomic E-state index is 9.15. The van der Waals surface area contributed by atoms with E-state index in [1.54, 1.807) is 12.0 Å². The summed E-state index contributed by atoms with van der Waals surface area (Å²) in [7, 11) is 1.63. The summed E-state index contributed by atoms with van der Waals surface area (Å²) in [5, 5.41) is 24.5. The number of hydrogen-bond donors (Lipinski definition) is 2. The molecule has 9 heteroatoms. The van der Waals surface area contributed by atoms with Gasteiger partial charge >= 0.3 is 0 Å². The summed E-state index contributed by atoms with van der Waals surface area (Å²) in [4.78, 5) is 1.74. The SMILES string of the molecule is COc1ccc(CN(Cc2nnnn2C2CCCCC2)/C(N)=N/O)cc1. The highest BCUT2D eigenvalue weighted by atomic mass is 16.5. The van der Waals surface area contributed by atoms with E-state index >= 15 is 0 Å². The van der Waals surface area contributed by atoms with Crippen molar-refractivity contribution in [1.82, 2.24) is 25.1 Å². The van der Waals surface area contributed by atoms with Crippen molar-refractivity contribution < 1.29 is 9.94 Å². The normalized spacial score (nSPS) is 15.8. The third-order valence-corrected chi connectivity index (χ3v) is 4.77. The average Bonchev–Trinajstić information content (AvgIpc) is 3.16. The smallest absolute Gasteiger partial charge is 0.233 e. The van der Waals surface area contributed by atoms with Crippen LogP contribution in [0.15, 0.2) is 29.4 Å². The van der Waals surface area contributed by atoms with Gasteiger partial charge in [-0.05, 0) is 41.0 Å². The van der Waals surface area contributed by atoms with E-state index in [-0.39, 0.29) is 5.96 Å². The number of benzene rings is 1. The first-order chi connectivity index (χ1) is 12.7. The Kier molecular flexibility index (Phi) is 5.88. The number of aromatic nitrogens is 4. The number of rotatable bonds is 6. The van der Waals surface area contributed by atoms with Crippen molar-refractivity contribution in [2.24, 2.45) is 10.9 Å². The van der Waals surface area contributed by atoms with Crippen LogP contribution in [0.1, 0.15) is 49.5 Å². The molecule has 2 aromatic rings. The van der Waals surface area contributed by atoms with Gasteiger partial charge in [0.2, 0.25) is 5.96 Å². The van der Waals surface area contributed by atoms with Gasteiger partial charge in [0.05, 0.1) is 19.7 Å². The number of tetrazole rings is 1. The molecule has 0 aliphatic heterocycles. The van der Waals surface area contributed by atoms with Gasteiger partial charge in [-0.3, -0.25) is 0 Å². The van der Waals surface area contributed by atoms with Crippen LogP contribution in [0.2, 0.25) is 0 Å². The monoisotopic (exact) mass is 359 g/mol. The van der Waals surface area contributed by atoms with E-state index in [2.05, 4.69) is 20.7 Å². The summed E-state index contributed by atoms with van der Waals surface area (Å²) in [6.07, 6.45) is 5.82. The molecule has 1 aromatic heterocycles. The third kappa shape index (κ3) is 4.22. The molecule has 26 heavy (non-hydrogen) atoms. The van der Waals surface area contributed by atoms with Crippen molar-refractivity contribution in [3.8, 4) is 5.75 Å². The lowest BCUT2D eigenvalue weighted by Crippen LogP contribution is -2.37. The lowest BCUT2D eigenvalue weighted by Gasteiger charge is -2.25. The Morgan fingerprint density at radius 2 is 2.00 bits per heavy atom. The number of nitrogens with two attached hydrogens (primary N) is 1. The molecule has 9 nitrogen and oxygen atoms in total. The molecule has 1 heterocycles. The maximum Gasteiger partial charge on any atom is 0.233 e. The van der Waals surface area contributed by atoms with Crippen molar-refractivity contribution in [1.29, 1.82) is 0 Å². The fourth-order valence-electron chi connectivity index (χ4n) is 3.33. The van der Waals surface area contributed by atoms with E-state index < -0.39 is 0 Å². The number of hydrogen-bond acceptors (Lipinski definition) is 6. The molecule has 140 valence electrons. The van der Waals surface area contributed by atoms with Crippen molar-refractivity contribution in [2.75, 3.05) is 7.11 Å². The Morgan fingerprint density at radius 1 is 1.27 bits per heavy atom. The predicted octanol–water partition coefficient (Wildman–Crippen LogP) is 1.89. The number of oxime groups is 1. The Balaban J connectivity index is 1.75. The van der Waals surface area contributed by atoms with E-state index in [1.807, 2.05) is 28.9 Å². The summed E-state index contributed by atoms with van der Waals surface area (Å²) in [5.41, 5.74) is 6.90. The number of methoxy groups -OCH3 is 1. The van der Waals surface area contributed by atoms with E-state index in [4.69, 9.17) is 15.7 Å². The van der Waals surface area contributed by atoms with Crippen molar-refractivity contribution in [3.63, 3.8) is 0 Å². The molecule has 0 saturated heterocycles. The molecular weight excluding hydrogens is 334 g/mol. The lowest BCUT2D eigenvalue weighted by atomic mass is 9.95. The molecule has 0 radical (unpaired) electrons. The zero-order chi connectivity index (χ0) is 18.4. The fourth-order valence-corrected chi connectivity index (χ4v) is 3.33. The molecule has 3 rings (SSSR count). The Morgan fingerprint density at radius 3 is 2.65 bits per heavy atom. The van der Waals surface area contributed by atoms with Crippen LogP contribution >= 0.6 is 0 Å². The van der Waals surface area contributed by atoms with Crippen LogP contribution in [0, 0.1) is 0 Å². The van der Waals surface area contributed by atoms with Gasteiger partial charge in [-0.1, -0.05) is 36.6 Å². The van der Waals surface area contributed by atoms with Gasteiger partial charge in [0.25, 0.3) is 0 Å². The van der Waals surface area contributed by atoms with Gasteiger partial charge in [-0.2, -0.15) is 0 Å². The highest BCUT2D eigenvalue weighted by Crippen LogP contribution is 2.28. The van der Waals surface area contributed by atoms with Crippen molar-refractivity contribution in [2.45, 2.75) is 51.2 Å². The highest BCUT2D eigenvalue weighted by Gasteiger charge is 2.22. The van der Waals surface area contributed by atoms with Crippen LogP contribution in [0.25, 0.3) is 0 Å². The molecule has 0 unspecified atom stereocenters. The van der Waals surface area contributed by atoms with Gasteiger partial charge < -0.3 is 20.6 Å². The molecule has 1 aliphatic carbocycles. The number of guanidine groups is 1. The molecule has 1 saturated carbocycles. The molecule has 0 bridgehead atoms. The topological polar surface area (TPSA) is 115 Å².